The molecular weight excluding hydrogens is 154 g/mol. The first-order chi connectivity index (χ1) is 5.74. The molecule has 0 aromatic rings. The molecule has 0 aromatic heterocycles. The van der Waals surface area contributed by atoms with Crippen molar-refractivity contribution >= 4 is 0 Å². The van der Waals surface area contributed by atoms with E-state index < -0.39 is 0 Å². The highest BCUT2D eigenvalue weighted by molar-refractivity contribution is 4.69. The second-order valence-electron chi connectivity index (χ2n) is 3.14. The molecule has 2 N–H and O–H groups in total. The van der Waals surface area contributed by atoms with Crippen molar-refractivity contribution < 1.29 is 9.84 Å². The fourth-order valence-corrected chi connectivity index (χ4v) is 1.16. The van der Waals surface area contributed by atoms with Crippen molar-refractivity contribution in [1.29, 1.82) is 0 Å². The number of aliphatic hydroxyl groups is 1. The summed E-state index contributed by atoms with van der Waals surface area (Å²) in [6, 6.07) is 0.784. The van der Waals surface area contributed by atoms with Gasteiger partial charge < -0.3 is 15.2 Å². The first-order valence-electron chi connectivity index (χ1n) is 4.60. The van der Waals surface area contributed by atoms with E-state index in [9.17, 15) is 0 Å². The Bertz CT molecular complexity index is 98.5. The van der Waals surface area contributed by atoms with Crippen molar-refractivity contribution in [2.45, 2.75) is 38.8 Å². The van der Waals surface area contributed by atoms with Crippen LogP contribution in [0.25, 0.3) is 0 Å². The molecule has 0 radical (unpaired) electrons. The minimum Gasteiger partial charge on any atom is -0.396 e. The van der Waals surface area contributed by atoms with Crippen LogP contribution in [-0.4, -0.2) is 37.5 Å². The molecule has 0 saturated carbocycles. The quantitative estimate of drug-likeness (QED) is 0.600. The molecular formula is C9H21NO2. The molecule has 0 aliphatic carbocycles. The number of aliphatic hydroxyl groups excluding tert-OH is 1. The molecule has 0 saturated heterocycles. The zero-order valence-corrected chi connectivity index (χ0v) is 8.34. The number of hydrogen-bond acceptors (Lipinski definition) is 3. The maximum Gasteiger partial charge on any atom is 0.0615 e. The van der Waals surface area contributed by atoms with Gasteiger partial charge in [-0.1, -0.05) is 6.92 Å². The van der Waals surface area contributed by atoms with E-state index in [0.29, 0.717) is 12.1 Å². The van der Waals surface area contributed by atoms with Gasteiger partial charge in [-0.15, -0.1) is 0 Å². The summed E-state index contributed by atoms with van der Waals surface area (Å²) in [5.74, 6) is 0. The van der Waals surface area contributed by atoms with Crippen LogP contribution < -0.4 is 5.32 Å². The summed E-state index contributed by atoms with van der Waals surface area (Å²) in [7, 11) is 1.71. The summed E-state index contributed by atoms with van der Waals surface area (Å²) in [6.07, 6.45) is 1.86. The molecule has 0 fully saturated rings. The Morgan fingerprint density at radius 1 is 1.50 bits per heavy atom. The molecule has 0 aromatic carbocycles. The van der Waals surface area contributed by atoms with Gasteiger partial charge in [0.1, 0.15) is 0 Å². The molecule has 0 bridgehead atoms. The van der Waals surface area contributed by atoms with Crippen molar-refractivity contribution in [2.24, 2.45) is 0 Å². The third kappa shape index (κ3) is 5.52. The molecule has 0 aliphatic heterocycles. The Balaban J connectivity index is 3.53. The van der Waals surface area contributed by atoms with Crippen LogP contribution in [0.5, 0.6) is 0 Å². The number of rotatable bonds is 7. The second kappa shape index (κ2) is 7.53. The first kappa shape index (κ1) is 11.9. The van der Waals surface area contributed by atoms with Gasteiger partial charge in [-0.05, 0) is 19.8 Å². The second-order valence-corrected chi connectivity index (χ2v) is 3.14. The van der Waals surface area contributed by atoms with Gasteiger partial charge in [0.15, 0.2) is 0 Å². The number of ether oxygens (including phenoxy) is 1. The Morgan fingerprint density at radius 2 is 2.17 bits per heavy atom. The van der Waals surface area contributed by atoms with E-state index in [1.54, 1.807) is 7.11 Å². The fraction of sp³-hybridized carbons (Fsp3) is 1.00. The van der Waals surface area contributed by atoms with Crippen LogP contribution >= 0.6 is 0 Å². The maximum absolute atomic E-state index is 8.68. The number of hydrogen-bond donors (Lipinski definition) is 2. The average molecular weight is 175 g/mol. The van der Waals surface area contributed by atoms with Crippen LogP contribution in [0.3, 0.4) is 0 Å². The number of methoxy groups -OCH3 is 1. The molecule has 12 heavy (non-hydrogen) atoms. The third-order valence-corrected chi connectivity index (χ3v) is 1.94. The fourth-order valence-electron chi connectivity index (χ4n) is 1.16. The Labute approximate surface area is 75.1 Å². The van der Waals surface area contributed by atoms with Crippen LogP contribution in [-0.2, 0) is 4.74 Å². The minimum atomic E-state index is 0.248. The first-order valence-corrected chi connectivity index (χ1v) is 4.60. The Morgan fingerprint density at radius 3 is 2.58 bits per heavy atom. The Hall–Kier alpha value is -0.120. The van der Waals surface area contributed by atoms with Gasteiger partial charge in [0.05, 0.1) is 6.61 Å². The largest absolute Gasteiger partial charge is 0.396 e. The summed E-state index contributed by atoms with van der Waals surface area (Å²) in [6.45, 7) is 5.20. The van der Waals surface area contributed by atoms with Crippen LogP contribution in [0.4, 0.5) is 0 Å². The topological polar surface area (TPSA) is 41.5 Å². The predicted molar refractivity (Wildman–Crippen MR) is 50.3 cm³/mol. The van der Waals surface area contributed by atoms with E-state index >= 15 is 0 Å². The van der Waals surface area contributed by atoms with E-state index in [4.69, 9.17) is 9.84 Å². The lowest BCUT2D eigenvalue weighted by Crippen LogP contribution is -2.39. The van der Waals surface area contributed by atoms with Gasteiger partial charge >= 0.3 is 0 Å². The van der Waals surface area contributed by atoms with Crippen molar-refractivity contribution in [3.8, 4) is 0 Å². The van der Waals surface area contributed by atoms with Crippen molar-refractivity contribution in [3.63, 3.8) is 0 Å². The molecule has 0 amide bonds. The SMILES string of the molecule is CCC(COC)NC(C)CCO. The lowest BCUT2D eigenvalue weighted by atomic mass is 10.2. The molecule has 0 heterocycles. The summed E-state index contributed by atoms with van der Waals surface area (Å²) in [4.78, 5) is 0. The van der Waals surface area contributed by atoms with Crippen LogP contribution in [0.1, 0.15) is 26.7 Å². The van der Waals surface area contributed by atoms with Gasteiger partial charge in [0.25, 0.3) is 0 Å². The molecule has 0 rings (SSSR count). The van der Waals surface area contributed by atoms with E-state index in [2.05, 4.69) is 19.2 Å². The van der Waals surface area contributed by atoms with Crippen LogP contribution in [0, 0.1) is 0 Å². The molecule has 74 valence electrons. The summed E-state index contributed by atoms with van der Waals surface area (Å²) in [5, 5.41) is 12.1. The van der Waals surface area contributed by atoms with Gasteiger partial charge in [-0.25, -0.2) is 0 Å². The lowest BCUT2D eigenvalue weighted by molar-refractivity contribution is 0.155. The van der Waals surface area contributed by atoms with E-state index in [-0.39, 0.29) is 6.61 Å². The number of nitrogens with one attached hydrogen (secondary N) is 1. The van der Waals surface area contributed by atoms with Gasteiger partial charge in [0.2, 0.25) is 0 Å². The molecule has 2 unspecified atom stereocenters. The average Bonchev–Trinajstić information content (AvgIpc) is 2.04. The van der Waals surface area contributed by atoms with E-state index in [1.165, 1.54) is 0 Å². The Kier molecular flexibility index (Phi) is 7.45. The van der Waals surface area contributed by atoms with Gasteiger partial charge in [-0.3, -0.25) is 0 Å². The van der Waals surface area contributed by atoms with Crippen LogP contribution in [0.2, 0.25) is 0 Å². The molecule has 3 heteroatoms. The standard InChI is InChI=1S/C9H21NO2/c1-4-9(7-12-3)10-8(2)5-6-11/h8-11H,4-7H2,1-3H3. The zero-order valence-electron chi connectivity index (χ0n) is 8.34. The highest BCUT2D eigenvalue weighted by Gasteiger charge is 2.08. The van der Waals surface area contributed by atoms with Crippen molar-refractivity contribution in [1.82, 2.24) is 5.32 Å². The summed E-state index contributed by atoms with van der Waals surface area (Å²) in [5.41, 5.74) is 0. The lowest BCUT2D eigenvalue weighted by Gasteiger charge is -2.20. The maximum atomic E-state index is 8.68. The van der Waals surface area contributed by atoms with Gasteiger partial charge in [-0.2, -0.15) is 0 Å². The van der Waals surface area contributed by atoms with Crippen molar-refractivity contribution in [3.05, 3.63) is 0 Å². The molecule has 2 atom stereocenters. The van der Waals surface area contributed by atoms with Crippen molar-refractivity contribution in [2.75, 3.05) is 20.3 Å². The normalized spacial score (nSPS) is 16.0. The van der Waals surface area contributed by atoms with E-state index in [1.807, 2.05) is 0 Å². The molecule has 3 nitrogen and oxygen atoms in total. The van der Waals surface area contributed by atoms with Crippen LogP contribution in [0.15, 0.2) is 0 Å². The van der Waals surface area contributed by atoms with Gasteiger partial charge in [0, 0.05) is 25.8 Å². The smallest absolute Gasteiger partial charge is 0.0615 e. The molecule has 0 spiro atoms. The highest BCUT2D eigenvalue weighted by atomic mass is 16.5. The third-order valence-electron chi connectivity index (χ3n) is 1.94. The minimum absolute atomic E-state index is 0.248. The summed E-state index contributed by atoms with van der Waals surface area (Å²) >= 11 is 0. The highest BCUT2D eigenvalue weighted by Crippen LogP contribution is 1.96. The summed E-state index contributed by atoms with van der Waals surface area (Å²) < 4.78 is 5.05. The monoisotopic (exact) mass is 175 g/mol. The predicted octanol–water partition coefficient (Wildman–Crippen LogP) is 0.772. The zero-order chi connectivity index (χ0) is 9.40. The molecule has 0 aliphatic rings. The van der Waals surface area contributed by atoms with E-state index in [0.717, 1.165) is 19.4 Å².